The van der Waals surface area contributed by atoms with Crippen LogP contribution in [-0.2, 0) is 19.1 Å². The number of rotatable bonds is 1. The molecule has 28 heavy (non-hydrogen) atoms. The number of aliphatic hydroxyl groups is 1. The zero-order chi connectivity index (χ0) is 20.4. The molecule has 150 valence electrons. The molecule has 1 aliphatic heterocycles. The van der Waals surface area contributed by atoms with Crippen LogP contribution in [0.15, 0.2) is 22.8 Å². The summed E-state index contributed by atoms with van der Waals surface area (Å²) in [7, 11) is 0. The van der Waals surface area contributed by atoms with Crippen molar-refractivity contribution in [3.05, 3.63) is 22.8 Å². The molecule has 2 unspecified atom stereocenters. The van der Waals surface area contributed by atoms with E-state index >= 15 is 0 Å². The fourth-order valence-electron chi connectivity index (χ4n) is 7.64. The van der Waals surface area contributed by atoms with Gasteiger partial charge < -0.3 is 9.84 Å². The Morgan fingerprint density at radius 2 is 1.86 bits per heavy atom. The number of allylic oxidation sites excluding steroid dienone is 2. The molecule has 2 bridgehead atoms. The third-order valence-electron chi connectivity index (χ3n) is 8.57. The van der Waals surface area contributed by atoms with Gasteiger partial charge in [0.25, 0.3) is 0 Å². The number of carbonyl (C=O) groups is 3. The molecule has 5 heteroatoms. The van der Waals surface area contributed by atoms with Crippen molar-refractivity contribution in [1.82, 2.24) is 0 Å². The maximum atomic E-state index is 14.0. The van der Waals surface area contributed by atoms with Gasteiger partial charge in [-0.3, -0.25) is 14.4 Å². The number of esters is 1. The molecule has 1 saturated carbocycles. The van der Waals surface area contributed by atoms with E-state index in [1.54, 1.807) is 6.08 Å². The fraction of sp³-hybridized carbons (Fsp3) is 0.696. The quantitative estimate of drug-likeness (QED) is 0.555. The number of carbonyl (C=O) groups excluding carboxylic acids is 3. The lowest BCUT2D eigenvalue weighted by Crippen LogP contribution is -2.55. The highest BCUT2D eigenvalue weighted by Crippen LogP contribution is 2.71. The first-order valence-electron chi connectivity index (χ1n) is 10.4. The second-order valence-corrected chi connectivity index (χ2v) is 10.5. The summed E-state index contributed by atoms with van der Waals surface area (Å²) < 4.78 is 5.77. The number of ether oxygens (including phenoxy) is 1. The van der Waals surface area contributed by atoms with Gasteiger partial charge >= 0.3 is 5.97 Å². The van der Waals surface area contributed by atoms with Crippen LogP contribution in [-0.4, -0.2) is 34.9 Å². The van der Waals surface area contributed by atoms with Crippen molar-refractivity contribution in [2.45, 2.75) is 66.1 Å². The first-order valence-corrected chi connectivity index (χ1v) is 10.4. The van der Waals surface area contributed by atoms with Crippen molar-refractivity contribution >= 4 is 17.5 Å². The Morgan fingerprint density at radius 3 is 2.50 bits per heavy atom. The largest absolute Gasteiger partial charge is 0.458 e. The monoisotopic (exact) mass is 384 g/mol. The lowest BCUT2D eigenvalue weighted by atomic mass is 9.49. The smallest absolute Gasteiger partial charge is 0.317 e. The van der Waals surface area contributed by atoms with Crippen LogP contribution in [0.25, 0.3) is 0 Å². The second kappa shape index (κ2) is 5.05. The van der Waals surface area contributed by atoms with Gasteiger partial charge in [-0.05, 0) is 42.7 Å². The molecule has 0 amide bonds. The first-order chi connectivity index (χ1) is 13.0. The Morgan fingerprint density at radius 1 is 1.18 bits per heavy atom. The molecule has 1 heterocycles. The summed E-state index contributed by atoms with van der Waals surface area (Å²) in [4.78, 5) is 40.5. The van der Waals surface area contributed by atoms with Crippen LogP contribution in [0.5, 0.6) is 0 Å². The molecule has 5 nitrogen and oxygen atoms in total. The minimum absolute atomic E-state index is 0.177. The Bertz CT molecular complexity index is 906. The molecule has 0 spiro atoms. The summed E-state index contributed by atoms with van der Waals surface area (Å²) >= 11 is 0. The van der Waals surface area contributed by atoms with E-state index in [9.17, 15) is 19.5 Å². The molecular formula is C23H28O5. The average Bonchev–Trinajstić information content (AvgIpc) is 3.13. The molecule has 0 aromatic carbocycles. The van der Waals surface area contributed by atoms with Gasteiger partial charge in [0, 0.05) is 17.4 Å². The number of ketones is 2. The van der Waals surface area contributed by atoms with Crippen LogP contribution in [0.1, 0.15) is 53.9 Å². The second-order valence-electron chi connectivity index (χ2n) is 10.5. The zero-order valence-corrected chi connectivity index (χ0v) is 17.2. The molecule has 4 aliphatic carbocycles. The van der Waals surface area contributed by atoms with Crippen molar-refractivity contribution < 1.29 is 24.2 Å². The third-order valence-corrected chi connectivity index (χ3v) is 8.57. The summed E-state index contributed by atoms with van der Waals surface area (Å²) in [6.07, 6.45) is 2.21. The van der Waals surface area contributed by atoms with Gasteiger partial charge in [-0.1, -0.05) is 39.7 Å². The van der Waals surface area contributed by atoms with Crippen LogP contribution in [0.2, 0.25) is 0 Å². The molecule has 0 radical (unpaired) electrons. The minimum Gasteiger partial charge on any atom is -0.458 e. The van der Waals surface area contributed by atoms with E-state index in [2.05, 4.69) is 13.8 Å². The Kier molecular flexibility index (Phi) is 3.30. The summed E-state index contributed by atoms with van der Waals surface area (Å²) in [5.74, 6) is -1.69. The first kappa shape index (κ1) is 18.3. The number of aliphatic hydroxyl groups excluding tert-OH is 1. The van der Waals surface area contributed by atoms with E-state index < -0.39 is 29.0 Å². The molecule has 0 aromatic rings. The minimum atomic E-state index is -1.21. The molecule has 6 atom stereocenters. The highest BCUT2D eigenvalue weighted by molar-refractivity contribution is 6.25. The maximum absolute atomic E-state index is 14.0. The van der Waals surface area contributed by atoms with Crippen LogP contribution >= 0.6 is 0 Å². The van der Waals surface area contributed by atoms with E-state index in [0.717, 1.165) is 18.4 Å². The van der Waals surface area contributed by atoms with E-state index in [1.807, 2.05) is 20.8 Å². The van der Waals surface area contributed by atoms with Gasteiger partial charge in [-0.25, -0.2) is 0 Å². The summed E-state index contributed by atoms with van der Waals surface area (Å²) in [5.41, 5.74) is -0.606. The van der Waals surface area contributed by atoms with Crippen molar-refractivity contribution in [3.8, 4) is 0 Å². The van der Waals surface area contributed by atoms with Crippen LogP contribution in [0.3, 0.4) is 0 Å². The van der Waals surface area contributed by atoms with E-state index in [4.69, 9.17) is 4.74 Å². The normalized spacial score (nSPS) is 45.8. The Hall–Kier alpha value is -1.75. The third kappa shape index (κ3) is 1.61. The standard InChI is InChI=1S/C23H28O5/c1-10(2)23-12(24)9-11(3)14(23)13-15(19(23)26)22-8-6-7-21(4,5)18(22)17(16(13)25)28-20(22)27/h9-10,14,16-18,25H,6-8H2,1-5H3/t14?,16-,17+,18-,22-,23?/m0/s1. The van der Waals surface area contributed by atoms with Crippen molar-refractivity contribution in [3.63, 3.8) is 0 Å². The lowest BCUT2D eigenvalue weighted by molar-refractivity contribution is -0.151. The van der Waals surface area contributed by atoms with Crippen molar-refractivity contribution in [2.75, 3.05) is 0 Å². The van der Waals surface area contributed by atoms with Crippen LogP contribution in [0.4, 0.5) is 0 Å². The molecule has 1 saturated heterocycles. The van der Waals surface area contributed by atoms with Gasteiger partial charge in [-0.15, -0.1) is 0 Å². The van der Waals surface area contributed by atoms with E-state index in [0.29, 0.717) is 17.6 Å². The molecule has 2 fully saturated rings. The van der Waals surface area contributed by atoms with Gasteiger partial charge in [0.1, 0.15) is 23.0 Å². The average molecular weight is 384 g/mol. The lowest BCUT2D eigenvalue weighted by Gasteiger charge is -2.51. The van der Waals surface area contributed by atoms with Crippen LogP contribution in [0, 0.1) is 34.0 Å². The van der Waals surface area contributed by atoms with Gasteiger partial charge in [0.15, 0.2) is 11.6 Å². The van der Waals surface area contributed by atoms with Gasteiger partial charge in [-0.2, -0.15) is 0 Å². The SMILES string of the molecule is CC1=CC(=O)C2(C(C)C)C(=O)C3=C(C12)[C@H](O)[C@H]1OC(=O)[C@@]32CCCC(C)(C)[C@H]12. The fourth-order valence-corrected chi connectivity index (χ4v) is 7.64. The number of fused-ring (bicyclic) bond motifs is 2. The molecule has 5 rings (SSSR count). The molecule has 1 N–H and O–H groups in total. The Labute approximate surface area is 165 Å². The van der Waals surface area contributed by atoms with Crippen LogP contribution < -0.4 is 0 Å². The summed E-state index contributed by atoms with van der Waals surface area (Å²) in [6.45, 7) is 9.87. The van der Waals surface area contributed by atoms with Gasteiger partial charge in [0.2, 0.25) is 0 Å². The number of hydrogen-bond donors (Lipinski definition) is 1. The van der Waals surface area contributed by atoms with E-state index in [-0.39, 0.29) is 34.8 Å². The number of hydrogen-bond acceptors (Lipinski definition) is 5. The van der Waals surface area contributed by atoms with E-state index in [1.165, 1.54) is 0 Å². The predicted octanol–water partition coefficient (Wildman–Crippen LogP) is 2.77. The Balaban J connectivity index is 1.83. The van der Waals surface area contributed by atoms with Crippen molar-refractivity contribution in [2.24, 2.45) is 34.0 Å². The topological polar surface area (TPSA) is 80.7 Å². The molecule has 5 aliphatic rings. The summed E-state index contributed by atoms with van der Waals surface area (Å²) in [5, 5.41) is 11.4. The predicted molar refractivity (Wildman–Crippen MR) is 101 cm³/mol. The molecule has 0 aromatic heterocycles. The highest BCUT2D eigenvalue weighted by Gasteiger charge is 2.77. The molecular weight excluding hydrogens is 356 g/mol. The highest BCUT2D eigenvalue weighted by atomic mass is 16.6. The van der Waals surface area contributed by atoms with Crippen molar-refractivity contribution in [1.29, 1.82) is 0 Å². The number of Topliss-reactive ketones (excluding diaryl/α,β-unsaturated/α-hetero) is 1. The zero-order valence-electron chi connectivity index (χ0n) is 17.2. The van der Waals surface area contributed by atoms with Gasteiger partial charge in [0.05, 0.1) is 0 Å². The maximum Gasteiger partial charge on any atom is 0.317 e. The summed E-state index contributed by atoms with van der Waals surface area (Å²) in [6, 6.07) is 0.